The summed E-state index contributed by atoms with van der Waals surface area (Å²) in [5.41, 5.74) is -0.117. The van der Waals surface area contributed by atoms with Gasteiger partial charge in [-0.2, -0.15) is 4.98 Å². The number of aromatic amines is 1. The minimum atomic E-state index is -3.91. The first kappa shape index (κ1) is 13.0. The molecule has 0 aliphatic heterocycles. The van der Waals surface area contributed by atoms with Crippen LogP contribution in [0.4, 0.5) is 5.95 Å². The molecular formula is C10H10N4O4S. The van der Waals surface area contributed by atoms with E-state index in [0.717, 1.165) is 6.07 Å². The Morgan fingerprint density at radius 3 is 2.74 bits per heavy atom. The van der Waals surface area contributed by atoms with Gasteiger partial charge in [0.15, 0.2) is 0 Å². The SMILES string of the molecule is Cc1nc(NS(=O)(=O)c2cccc(C(=O)O)c2)n[nH]1. The standard InChI is InChI=1S/C10H10N4O4S/c1-6-11-10(13-12-6)14-19(17,18)8-4-2-3-7(5-8)9(15)16/h2-5H,1H3,(H,15,16)(H2,11,12,13,14). The summed E-state index contributed by atoms with van der Waals surface area (Å²) in [5.74, 6) is -0.846. The third-order valence-electron chi connectivity index (χ3n) is 2.21. The highest BCUT2D eigenvalue weighted by atomic mass is 32.2. The van der Waals surface area contributed by atoms with E-state index in [1.807, 2.05) is 0 Å². The number of H-pyrrole nitrogens is 1. The van der Waals surface area contributed by atoms with Gasteiger partial charge in [-0.3, -0.25) is 5.10 Å². The first-order chi connectivity index (χ1) is 8.88. The highest BCUT2D eigenvalue weighted by Gasteiger charge is 2.18. The van der Waals surface area contributed by atoms with Crippen molar-refractivity contribution in [2.75, 3.05) is 4.72 Å². The Hall–Kier alpha value is -2.42. The third-order valence-corrected chi connectivity index (χ3v) is 3.54. The van der Waals surface area contributed by atoms with Gasteiger partial charge in [-0.25, -0.2) is 17.9 Å². The number of carboxylic acid groups (broad SMARTS) is 1. The van der Waals surface area contributed by atoms with E-state index in [0.29, 0.717) is 5.82 Å². The molecule has 0 amide bonds. The van der Waals surface area contributed by atoms with Gasteiger partial charge < -0.3 is 5.11 Å². The monoisotopic (exact) mass is 282 g/mol. The summed E-state index contributed by atoms with van der Waals surface area (Å²) in [5, 5.41) is 15.0. The van der Waals surface area contributed by atoms with Crippen molar-refractivity contribution in [3.63, 3.8) is 0 Å². The van der Waals surface area contributed by atoms with E-state index < -0.39 is 16.0 Å². The number of carbonyl (C=O) groups is 1. The molecule has 100 valence electrons. The number of anilines is 1. The van der Waals surface area contributed by atoms with Crippen molar-refractivity contribution in [2.45, 2.75) is 11.8 Å². The van der Waals surface area contributed by atoms with Gasteiger partial charge in [0.25, 0.3) is 16.0 Å². The number of rotatable bonds is 4. The van der Waals surface area contributed by atoms with Gasteiger partial charge in [0.05, 0.1) is 10.5 Å². The molecule has 2 rings (SSSR count). The molecule has 1 heterocycles. The van der Waals surface area contributed by atoms with Crippen LogP contribution in [0.2, 0.25) is 0 Å². The fraction of sp³-hybridized carbons (Fsp3) is 0.100. The molecule has 1 aromatic heterocycles. The minimum Gasteiger partial charge on any atom is -0.478 e. The highest BCUT2D eigenvalue weighted by Crippen LogP contribution is 2.14. The van der Waals surface area contributed by atoms with Crippen molar-refractivity contribution in [3.05, 3.63) is 35.7 Å². The molecule has 3 N–H and O–H groups in total. The lowest BCUT2D eigenvalue weighted by Gasteiger charge is -2.05. The summed E-state index contributed by atoms with van der Waals surface area (Å²) in [6, 6.07) is 5.00. The van der Waals surface area contributed by atoms with E-state index >= 15 is 0 Å². The van der Waals surface area contributed by atoms with Crippen molar-refractivity contribution in [2.24, 2.45) is 0 Å². The molecule has 0 aliphatic carbocycles. The Morgan fingerprint density at radius 1 is 1.42 bits per heavy atom. The summed E-state index contributed by atoms with van der Waals surface area (Å²) in [6.45, 7) is 1.62. The summed E-state index contributed by atoms with van der Waals surface area (Å²) < 4.78 is 26.1. The van der Waals surface area contributed by atoms with Crippen LogP contribution in [0.5, 0.6) is 0 Å². The summed E-state index contributed by atoms with van der Waals surface area (Å²) in [6.07, 6.45) is 0. The third kappa shape index (κ3) is 2.88. The summed E-state index contributed by atoms with van der Waals surface area (Å²) in [7, 11) is -3.91. The maximum Gasteiger partial charge on any atom is 0.335 e. The smallest absolute Gasteiger partial charge is 0.335 e. The largest absolute Gasteiger partial charge is 0.478 e. The van der Waals surface area contributed by atoms with Crippen LogP contribution in [-0.2, 0) is 10.0 Å². The number of benzene rings is 1. The number of sulfonamides is 1. The number of hydrogen-bond acceptors (Lipinski definition) is 5. The van der Waals surface area contributed by atoms with Gasteiger partial charge in [-0.15, -0.1) is 5.10 Å². The summed E-state index contributed by atoms with van der Waals surface area (Å²) >= 11 is 0. The fourth-order valence-electron chi connectivity index (χ4n) is 1.36. The second-order valence-corrected chi connectivity index (χ2v) is 5.37. The predicted octanol–water partition coefficient (Wildman–Crippen LogP) is 0.612. The van der Waals surface area contributed by atoms with Gasteiger partial charge in [-0.05, 0) is 25.1 Å². The zero-order chi connectivity index (χ0) is 14.0. The quantitative estimate of drug-likeness (QED) is 0.754. The Labute approximate surface area is 108 Å². The molecule has 0 saturated carbocycles. The summed E-state index contributed by atoms with van der Waals surface area (Å²) in [4.78, 5) is 14.4. The lowest BCUT2D eigenvalue weighted by atomic mass is 10.2. The predicted molar refractivity (Wildman–Crippen MR) is 65.3 cm³/mol. The average molecular weight is 282 g/mol. The van der Waals surface area contributed by atoms with Crippen molar-refractivity contribution in [1.29, 1.82) is 0 Å². The number of aryl methyl sites for hydroxylation is 1. The number of aromatic carboxylic acids is 1. The molecule has 0 spiro atoms. The van der Waals surface area contributed by atoms with Crippen LogP contribution < -0.4 is 4.72 Å². The van der Waals surface area contributed by atoms with E-state index in [1.165, 1.54) is 18.2 Å². The molecule has 1 aromatic carbocycles. The number of nitrogens with one attached hydrogen (secondary N) is 2. The highest BCUT2D eigenvalue weighted by molar-refractivity contribution is 7.92. The van der Waals surface area contributed by atoms with E-state index in [2.05, 4.69) is 19.9 Å². The van der Waals surface area contributed by atoms with Gasteiger partial charge in [0, 0.05) is 0 Å². The topological polar surface area (TPSA) is 125 Å². The van der Waals surface area contributed by atoms with Crippen LogP contribution in [0.15, 0.2) is 29.2 Å². The zero-order valence-electron chi connectivity index (χ0n) is 9.78. The molecule has 0 atom stereocenters. The van der Waals surface area contributed by atoms with E-state index in [1.54, 1.807) is 6.92 Å². The number of hydrogen-bond donors (Lipinski definition) is 3. The molecule has 0 unspecified atom stereocenters. The molecule has 2 aromatic rings. The normalized spacial score (nSPS) is 11.2. The van der Waals surface area contributed by atoms with E-state index in [9.17, 15) is 13.2 Å². The maximum absolute atomic E-state index is 12.0. The Morgan fingerprint density at radius 2 is 2.16 bits per heavy atom. The molecule has 9 heteroatoms. The molecular weight excluding hydrogens is 272 g/mol. The van der Waals surface area contributed by atoms with Crippen LogP contribution in [0.1, 0.15) is 16.2 Å². The fourth-order valence-corrected chi connectivity index (χ4v) is 2.35. The molecule has 0 radical (unpaired) electrons. The number of carboxylic acids is 1. The Kier molecular flexibility index (Phi) is 3.21. The molecule has 8 nitrogen and oxygen atoms in total. The van der Waals surface area contributed by atoms with Crippen LogP contribution in [-0.4, -0.2) is 34.7 Å². The first-order valence-corrected chi connectivity index (χ1v) is 6.62. The second kappa shape index (κ2) is 4.69. The minimum absolute atomic E-state index is 0.0989. The Bertz CT molecular complexity index is 723. The molecule has 0 aliphatic rings. The Balaban J connectivity index is 2.34. The van der Waals surface area contributed by atoms with Crippen molar-refractivity contribution >= 4 is 21.9 Å². The van der Waals surface area contributed by atoms with Crippen LogP contribution in [0, 0.1) is 6.92 Å². The van der Waals surface area contributed by atoms with Gasteiger partial charge in [0.1, 0.15) is 5.82 Å². The van der Waals surface area contributed by atoms with Gasteiger partial charge >= 0.3 is 5.97 Å². The lowest BCUT2D eigenvalue weighted by molar-refractivity contribution is 0.0696. The molecule has 0 fully saturated rings. The van der Waals surface area contributed by atoms with Crippen LogP contribution in [0.25, 0.3) is 0 Å². The van der Waals surface area contributed by atoms with Gasteiger partial charge in [0.2, 0.25) is 0 Å². The molecule has 19 heavy (non-hydrogen) atoms. The zero-order valence-corrected chi connectivity index (χ0v) is 10.6. The second-order valence-electron chi connectivity index (χ2n) is 3.68. The average Bonchev–Trinajstić information content (AvgIpc) is 2.74. The van der Waals surface area contributed by atoms with Crippen molar-refractivity contribution in [3.8, 4) is 0 Å². The van der Waals surface area contributed by atoms with Crippen LogP contribution in [0.3, 0.4) is 0 Å². The van der Waals surface area contributed by atoms with Gasteiger partial charge in [-0.1, -0.05) is 6.07 Å². The molecule has 0 bridgehead atoms. The molecule has 0 saturated heterocycles. The number of aromatic nitrogens is 3. The first-order valence-electron chi connectivity index (χ1n) is 5.14. The van der Waals surface area contributed by atoms with Crippen molar-refractivity contribution in [1.82, 2.24) is 15.2 Å². The van der Waals surface area contributed by atoms with Crippen molar-refractivity contribution < 1.29 is 18.3 Å². The van der Waals surface area contributed by atoms with E-state index in [-0.39, 0.29) is 16.4 Å². The maximum atomic E-state index is 12.0. The lowest BCUT2D eigenvalue weighted by Crippen LogP contribution is -2.14. The van der Waals surface area contributed by atoms with Crippen LogP contribution >= 0.6 is 0 Å². The number of nitrogens with zero attached hydrogens (tertiary/aromatic N) is 2. The van der Waals surface area contributed by atoms with E-state index in [4.69, 9.17) is 5.11 Å².